The molecule has 0 spiro atoms. The number of hydrogen-bond donors (Lipinski definition) is 1. The second kappa shape index (κ2) is 7.97. The van der Waals surface area contributed by atoms with Crippen LogP contribution in [0.2, 0.25) is 5.02 Å². The van der Waals surface area contributed by atoms with Crippen molar-refractivity contribution in [3.05, 3.63) is 88.2 Å². The molecule has 29 heavy (non-hydrogen) atoms. The molecule has 1 amide bonds. The molecule has 1 heterocycles. The molecule has 0 saturated heterocycles. The van der Waals surface area contributed by atoms with Crippen molar-refractivity contribution < 1.29 is 18.7 Å². The first-order valence-electron chi connectivity index (χ1n) is 8.92. The summed E-state index contributed by atoms with van der Waals surface area (Å²) in [6, 6.07) is 17.0. The molecule has 1 aliphatic heterocycles. The summed E-state index contributed by atoms with van der Waals surface area (Å²) in [5.41, 5.74) is 3.24. The van der Waals surface area contributed by atoms with Crippen molar-refractivity contribution in [2.24, 2.45) is 0 Å². The maximum atomic E-state index is 13.8. The molecule has 0 aliphatic carbocycles. The van der Waals surface area contributed by atoms with Gasteiger partial charge in [-0.15, -0.1) is 0 Å². The Morgan fingerprint density at radius 1 is 1.07 bits per heavy atom. The van der Waals surface area contributed by atoms with Gasteiger partial charge in [-0.25, -0.2) is 4.39 Å². The van der Waals surface area contributed by atoms with E-state index in [2.05, 4.69) is 5.32 Å². The van der Waals surface area contributed by atoms with E-state index in [1.165, 1.54) is 13.2 Å². The number of ether oxygens (including phenoxy) is 2. The van der Waals surface area contributed by atoms with Gasteiger partial charge in [0.05, 0.1) is 12.8 Å². The van der Waals surface area contributed by atoms with E-state index < -0.39 is 0 Å². The lowest BCUT2D eigenvalue weighted by atomic mass is 10.0. The van der Waals surface area contributed by atoms with Gasteiger partial charge >= 0.3 is 0 Å². The number of carbonyl (C=O) groups is 1. The summed E-state index contributed by atoms with van der Waals surface area (Å²) in [6.45, 7) is 0.0833. The van der Waals surface area contributed by atoms with Crippen molar-refractivity contribution >= 4 is 34.8 Å². The van der Waals surface area contributed by atoms with Crippen LogP contribution < -0.4 is 14.8 Å². The minimum Gasteiger partial charge on any atom is -0.493 e. The number of rotatable bonds is 5. The van der Waals surface area contributed by atoms with Gasteiger partial charge in [0.1, 0.15) is 12.4 Å². The van der Waals surface area contributed by atoms with Gasteiger partial charge in [0.25, 0.3) is 5.91 Å². The average Bonchev–Trinajstić information content (AvgIpc) is 3.02. The van der Waals surface area contributed by atoms with Crippen LogP contribution in [0.1, 0.15) is 16.7 Å². The number of nitrogens with one attached hydrogen (secondary N) is 1. The number of benzene rings is 3. The first kappa shape index (κ1) is 19.0. The highest BCUT2D eigenvalue weighted by Gasteiger charge is 2.24. The lowest BCUT2D eigenvalue weighted by Crippen LogP contribution is -2.03. The zero-order valence-corrected chi connectivity index (χ0v) is 16.3. The molecule has 4 rings (SSSR count). The Hall–Kier alpha value is -3.31. The average molecular weight is 410 g/mol. The number of carbonyl (C=O) groups excluding carboxylic acids is 1. The lowest BCUT2D eigenvalue weighted by molar-refractivity contribution is -0.110. The topological polar surface area (TPSA) is 47.6 Å². The fourth-order valence-electron chi connectivity index (χ4n) is 3.14. The SMILES string of the molecule is COc1cc(/C=C2/C(=O)Nc3cc(Cl)ccc32)ccc1OCc1ccccc1F. The standard InChI is InChI=1S/C23H17ClFNO3/c1-28-22-11-14(6-9-21(22)29-13-15-4-2-3-5-19(15)25)10-18-17-8-7-16(24)12-20(17)26-23(18)27/h2-12H,13H2,1H3,(H,26,27)/b18-10+. The molecule has 6 heteroatoms. The van der Waals surface area contributed by atoms with E-state index in [0.29, 0.717) is 33.3 Å². The smallest absolute Gasteiger partial charge is 0.256 e. The number of hydrogen-bond acceptors (Lipinski definition) is 3. The molecule has 3 aromatic rings. The van der Waals surface area contributed by atoms with Crippen molar-refractivity contribution in [3.63, 3.8) is 0 Å². The fourth-order valence-corrected chi connectivity index (χ4v) is 3.31. The molecule has 3 aromatic carbocycles. The van der Waals surface area contributed by atoms with Gasteiger partial charge in [0.2, 0.25) is 0 Å². The third-order valence-electron chi connectivity index (χ3n) is 4.60. The van der Waals surface area contributed by atoms with E-state index in [9.17, 15) is 9.18 Å². The maximum absolute atomic E-state index is 13.8. The van der Waals surface area contributed by atoms with E-state index in [-0.39, 0.29) is 18.3 Å². The second-order valence-corrected chi connectivity index (χ2v) is 6.93. The Morgan fingerprint density at radius 2 is 1.90 bits per heavy atom. The summed E-state index contributed by atoms with van der Waals surface area (Å²) in [5.74, 6) is 0.464. The molecule has 0 aromatic heterocycles. The molecule has 4 nitrogen and oxygen atoms in total. The van der Waals surface area contributed by atoms with Crippen LogP contribution in [-0.4, -0.2) is 13.0 Å². The van der Waals surface area contributed by atoms with Gasteiger partial charge < -0.3 is 14.8 Å². The van der Waals surface area contributed by atoms with E-state index in [0.717, 1.165) is 11.1 Å². The molecule has 0 saturated carbocycles. The monoisotopic (exact) mass is 409 g/mol. The molecular formula is C23H17ClFNO3. The third kappa shape index (κ3) is 3.96. The summed E-state index contributed by atoms with van der Waals surface area (Å²) >= 11 is 6.00. The van der Waals surface area contributed by atoms with Crippen molar-refractivity contribution in [1.82, 2.24) is 0 Å². The highest BCUT2D eigenvalue weighted by atomic mass is 35.5. The van der Waals surface area contributed by atoms with Crippen LogP contribution in [-0.2, 0) is 11.4 Å². The number of fused-ring (bicyclic) bond motifs is 1. The van der Waals surface area contributed by atoms with E-state index >= 15 is 0 Å². The Balaban J connectivity index is 1.60. The summed E-state index contributed by atoms with van der Waals surface area (Å²) in [5, 5.41) is 3.37. The molecule has 0 atom stereocenters. The molecule has 0 unspecified atom stereocenters. The van der Waals surface area contributed by atoms with Crippen LogP contribution in [0, 0.1) is 5.82 Å². The van der Waals surface area contributed by atoms with Gasteiger partial charge in [-0.3, -0.25) is 4.79 Å². The Labute approximate surface area is 172 Å². The van der Waals surface area contributed by atoms with Crippen molar-refractivity contribution in [2.45, 2.75) is 6.61 Å². The van der Waals surface area contributed by atoms with Gasteiger partial charge in [0, 0.05) is 21.7 Å². The summed E-state index contributed by atoms with van der Waals surface area (Å²) in [7, 11) is 1.53. The highest BCUT2D eigenvalue weighted by Crippen LogP contribution is 2.36. The molecule has 1 aliphatic rings. The zero-order chi connectivity index (χ0) is 20.4. The zero-order valence-electron chi connectivity index (χ0n) is 15.5. The first-order chi connectivity index (χ1) is 14.0. The van der Waals surface area contributed by atoms with Crippen LogP contribution >= 0.6 is 11.6 Å². The summed E-state index contributed by atoms with van der Waals surface area (Å²) in [6.07, 6.45) is 1.78. The Morgan fingerprint density at radius 3 is 2.69 bits per heavy atom. The number of methoxy groups -OCH3 is 1. The van der Waals surface area contributed by atoms with E-state index in [4.69, 9.17) is 21.1 Å². The van der Waals surface area contributed by atoms with Crippen LogP contribution in [0.25, 0.3) is 11.6 Å². The van der Waals surface area contributed by atoms with Gasteiger partial charge in [0.15, 0.2) is 11.5 Å². The van der Waals surface area contributed by atoms with Gasteiger partial charge in [-0.1, -0.05) is 41.9 Å². The maximum Gasteiger partial charge on any atom is 0.256 e. The summed E-state index contributed by atoms with van der Waals surface area (Å²) in [4.78, 5) is 12.3. The first-order valence-corrected chi connectivity index (χ1v) is 9.30. The van der Waals surface area contributed by atoms with Crippen LogP contribution in [0.5, 0.6) is 11.5 Å². The van der Waals surface area contributed by atoms with Gasteiger partial charge in [-0.05, 0) is 42.0 Å². The van der Waals surface area contributed by atoms with Crippen molar-refractivity contribution in [1.29, 1.82) is 0 Å². The predicted octanol–water partition coefficient (Wildman–Crippen LogP) is 5.56. The number of anilines is 1. The van der Waals surface area contributed by atoms with Crippen LogP contribution in [0.3, 0.4) is 0 Å². The number of amides is 1. The van der Waals surface area contributed by atoms with E-state index in [1.54, 1.807) is 48.5 Å². The van der Waals surface area contributed by atoms with Crippen LogP contribution in [0.15, 0.2) is 60.7 Å². The summed E-state index contributed by atoms with van der Waals surface area (Å²) < 4.78 is 24.9. The van der Waals surface area contributed by atoms with Gasteiger partial charge in [-0.2, -0.15) is 0 Å². The van der Waals surface area contributed by atoms with E-state index in [1.807, 2.05) is 12.1 Å². The molecule has 0 radical (unpaired) electrons. The third-order valence-corrected chi connectivity index (χ3v) is 4.84. The molecule has 1 N–H and O–H groups in total. The lowest BCUT2D eigenvalue weighted by Gasteiger charge is -2.12. The predicted molar refractivity (Wildman–Crippen MR) is 112 cm³/mol. The molecule has 146 valence electrons. The molecule has 0 fully saturated rings. The van der Waals surface area contributed by atoms with Crippen LogP contribution in [0.4, 0.5) is 10.1 Å². The number of halogens is 2. The second-order valence-electron chi connectivity index (χ2n) is 6.49. The van der Waals surface area contributed by atoms with Crippen molar-refractivity contribution in [3.8, 4) is 11.5 Å². The minimum atomic E-state index is -0.321. The largest absolute Gasteiger partial charge is 0.493 e. The molecule has 0 bridgehead atoms. The minimum absolute atomic E-state index is 0.0833. The van der Waals surface area contributed by atoms with Crippen molar-refractivity contribution in [2.75, 3.05) is 12.4 Å². The Bertz CT molecular complexity index is 1130. The highest BCUT2D eigenvalue weighted by molar-refractivity contribution is 6.36. The fraction of sp³-hybridized carbons (Fsp3) is 0.0870. The quantitative estimate of drug-likeness (QED) is 0.561. The Kier molecular flexibility index (Phi) is 5.23. The normalized spacial score (nSPS) is 13.9. The molecular weight excluding hydrogens is 393 g/mol.